The molecule has 4 nitrogen and oxygen atoms in total. The van der Waals surface area contributed by atoms with Gasteiger partial charge in [0.1, 0.15) is 5.75 Å². The summed E-state index contributed by atoms with van der Waals surface area (Å²) in [4.78, 5) is 11.5. The van der Waals surface area contributed by atoms with Gasteiger partial charge in [-0.05, 0) is 36.1 Å². The number of ether oxygens (including phenoxy) is 1. The minimum atomic E-state index is -0.758. The summed E-state index contributed by atoms with van der Waals surface area (Å²) in [7, 11) is 0. The second kappa shape index (κ2) is 3.47. The Kier molecular flexibility index (Phi) is 2.16. The van der Waals surface area contributed by atoms with Crippen molar-refractivity contribution in [3.8, 4) is 5.75 Å². The van der Waals surface area contributed by atoms with E-state index in [1.807, 2.05) is 18.2 Å². The molecule has 3 rings (SSSR count). The molecular weight excluding hydrogens is 218 g/mol. The van der Waals surface area contributed by atoms with E-state index in [1.165, 1.54) is 0 Å². The van der Waals surface area contributed by atoms with E-state index >= 15 is 0 Å². The first-order chi connectivity index (χ1) is 8.18. The van der Waals surface area contributed by atoms with Crippen molar-refractivity contribution in [2.24, 2.45) is 11.7 Å². The zero-order chi connectivity index (χ0) is 12.0. The van der Waals surface area contributed by atoms with Crippen LogP contribution in [0.15, 0.2) is 18.2 Å². The number of aliphatic carboxylic acids is 1. The van der Waals surface area contributed by atoms with Gasteiger partial charge in [0, 0.05) is 6.42 Å². The van der Waals surface area contributed by atoms with E-state index in [9.17, 15) is 9.90 Å². The van der Waals surface area contributed by atoms with Gasteiger partial charge in [0.15, 0.2) is 0 Å². The topological polar surface area (TPSA) is 72.6 Å². The molecule has 1 aliphatic carbocycles. The summed E-state index contributed by atoms with van der Waals surface area (Å²) in [6.45, 7) is 1.12. The highest BCUT2D eigenvalue weighted by atomic mass is 16.5. The van der Waals surface area contributed by atoms with Gasteiger partial charge in [0.25, 0.3) is 0 Å². The third-order valence-corrected chi connectivity index (χ3v) is 3.98. The molecule has 1 aromatic rings. The number of hydrogen-bond donors (Lipinski definition) is 2. The Labute approximate surface area is 99.4 Å². The van der Waals surface area contributed by atoms with Gasteiger partial charge in [0.05, 0.1) is 12.0 Å². The number of carboxylic acids is 1. The molecule has 0 radical (unpaired) electrons. The third-order valence-electron chi connectivity index (χ3n) is 3.98. The van der Waals surface area contributed by atoms with Crippen LogP contribution in [0.2, 0.25) is 0 Å². The maximum atomic E-state index is 11.5. The van der Waals surface area contributed by atoms with Gasteiger partial charge in [-0.2, -0.15) is 0 Å². The molecule has 1 heterocycles. The highest BCUT2D eigenvalue weighted by Crippen LogP contribution is 2.54. The maximum Gasteiger partial charge on any atom is 0.314 e. The molecule has 1 fully saturated rings. The Balaban J connectivity index is 2.01. The molecule has 0 bridgehead atoms. The predicted octanol–water partition coefficient (Wildman–Crippen LogP) is 0.923. The number of carbonyl (C=O) groups is 1. The molecule has 0 aromatic heterocycles. The minimum Gasteiger partial charge on any atom is -0.493 e. The molecule has 1 aliphatic heterocycles. The lowest BCUT2D eigenvalue weighted by molar-refractivity contribution is -0.140. The zero-order valence-corrected chi connectivity index (χ0v) is 9.48. The van der Waals surface area contributed by atoms with Crippen LogP contribution in [0.3, 0.4) is 0 Å². The molecule has 0 spiro atoms. The molecule has 90 valence electrons. The van der Waals surface area contributed by atoms with Crippen molar-refractivity contribution in [1.82, 2.24) is 0 Å². The number of nitrogens with two attached hydrogens (primary N) is 1. The number of hydrogen-bond acceptors (Lipinski definition) is 3. The monoisotopic (exact) mass is 233 g/mol. The molecule has 2 aliphatic rings. The van der Waals surface area contributed by atoms with Gasteiger partial charge >= 0.3 is 5.97 Å². The molecule has 0 saturated heterocycles. The second-order valence-corrected chi connectivity index (χ2v) is 4.83. The summed E-state index contributed by atoms with van der Waals surface area (Å²) in [5, 5.41) is 9.42. The second-order valence-electron chi connectivity index (χ2n) is 4.83. The van der Waals surface area contributed by atoms with Crippen LogP contribution in [-0.2, 0) is 16.6 Å². The van der Waals surface area contributed by atoms with E-state index in [2.05, 4.69) is 0 Å². The predicted molar refractivity (Wildman–Crippen MR) is 62.1 cm³/mol. The third kappa shape index (κ3) is 1.37. The molecule has 4 heteroatoms. The summed E-state index contributed by atoms with van der Waals surface area (Å²) in [5.41, 5.74) is 6.86. The summed E-state index contributed by atoms with van der Waals surface area (Å²) in [6, 6.07) is 5.73. The average molecular weight is 233 g/mol. The number of rotatable bonds is 3. The molecule has 2 atom stereocenters. The van der Waals surface area contributed by atoms with Crippen molar-refractivity contribution < 1.29 is 14.6 Å². The van der Waals surface area contributed by atoms with Crippen LogP contribution >= 0.6 is 0 Å². The molecule has 1 saturated carbocycles. The normalized spacial score (nSPS) is 29.6. The van der Waals surface area contributed by atoms with Gasteiger partial charge in [-0.1, -0.05) is 12.1 Å². The van der Waals surface area contributed by atoms with E-state index in [-0.39, 0.29) is 5.92 Å². The van der Waals surface area contributed by atoms with Crippen molar-refractivity contribution in [1.29, 1.82) is 0 Å². The van der Waals surface area contributed by atoms with E-state index in [1.54, 1.807) is 0 Å². The lowest BCUT2D eigenvalue weighted by Gasteiger charge is -2.13. The highest BCUT2D eigenvalue weighted by molar-refractivity contribution is 5.86. The highest BCUT2D eigenvalue weighted by Gasteiger charge is 2.60. The van der Waals surface area contributed by atoms with Crippen LogP contribution in [0.25, 0.3) is 0 Å². The summed E-state index contributed by atoms with van der Waals surface area (Å²) in [5.74, 6) is 0.200. The summed E-state index contributed by atoms with van der Waals surface area (Å²) in [6.07, 6.45) is 1.52. The first-order valence-electron chi connectivity index (χ1n) is 5.88. The van der Waals surface area contributed by atoms with Gasteiger partial charge in [-0.3, -0.25) is 4.79 Å². The molecule has 0 unspecified atom stereocenters. The van der Waals surface area contributed by atoms with Crippen LogP contribution in [0.5, 0.6) is 5.75 Å². The summed E-state index contributed by atoms with van der Waals surface area (Å²) < 4.78 is 5.43. The van der Waals surface area contributed by atoms with E-state index in [0.29, 0.717) is 19.6 Å². The quantitative estimate of drug-likeness (QED) is 0.814. The maximum absolute atomic E-state index is 11.5. The zero-order valence-electron chi connectivity index (χ0n) is 9.48. The van der Waals surface area contributed by atoms with Gasteiger partial charge in [-0.15, -0.1) is 0 Å². The van der Waals surface area contributed by atoms with Crippen LogP contribution in [-0.4, -0.2) is 24.2 Å². The largest absolute Gasteiger partial charge is 0.493 e. The fraction of sp³-hybridized carbons (Fsp3) is 0.462. The minimum absolute atomic E-state index is 0.0698. The Hall–Kier alpha value is -1.55. The van der Waals surface area contributed by atoms with Crippen LogP contribution in [0, 0.1) is 5.92 Å². The van der Waals surface area contributed by atoms with Crippen LogP contribution < -0.4 is 10.5 Å². The van der Waals surface area contributed by atoms with Gasteiger partial charge in [-0.25, -0.2) is 0 Å². The fourth-order valence-corrected chi connectivity index (χ4v) is 2.82. The fourth-order valence-electron chi connectivity index (χ4n) is 2.82. The molecule has 17 heavy (non-hydrogen) atoms. The van der Waals surface area contributed by atoms with Crippen molar-refractivity contribution >= 4 is 5.97 Å². The average Bonchev–Trinajstić information content (AvgIpc) is 2.91. The van der Waals surface area contributed by atoms with Gasteiger partial charge in [0.2, 0.25) is 0 Å². The lowest BCUT2D eigenvalue weighted by atomic mass is 9.91. The first-order valence-corrected chi connectivity index (χ1v) is 5.88. The van der Waals surface area contributed by atoms with Crippen molar-refractivity contribution in [3.05, 3.63) is 29.3 Å². The van der Waals surface area contributed by atoms with Crippen molar-refractivity contribution in [3.63, 3.8) is 0 Å². The smallest absolute Gasteiger partial charge is 0.314 e. The summed E-state index contributed by atoms with van der Waals surface area (Å²) >= 11 is 0. The number of carboxylic acid groups (broad SMARTS) is 1. The number of fused-ring (bicyclic) bond motifs is 1. The molecule has 1 aromatic carbocycles. The molecular formula is C13H15NO3. The van der Waals surface area contributed by atoms with Crippen molar-refractivity contribution in [2.45, 2.75) is 18.3 Å². The first kappa shape index (κ1) is 10.6. The Morgan fingerprint density at radius 2 is 2.41 bits per heavy atom. The molecule has 0 amide bonds. The van der Waals surface area contributed by atoms with E-state index < -0.39 is 11.4 Å². The molecule has 3 N–H and O–H groups in total. The van der Waals surface area contributed by atoms with E-state index in [0.717, 1.165) is 23.3 Å². The Morgan fingerprint density at radius 3 is 3.06 bits per heavy atom. The Morgan fingerprint density at radius 1 is 1.59 bits per heavy atom. The number of benzene rings is 1. The lowest BCUT2D eigenvalue weighted by Crippen LogP contribution is -2.25. The Bertz CT molecular complexity index is 486. The van der Waals surface area contributed by atoms with Crippen molar-refractivity contribution in [2.75, 3.05) is 13.2 Å². The van der Waals surface area contributed by atoms with Crippen LogP contribution in [0.4, 0.5) is 0 Å². The van der Waals surface area contributed by atoms with Crippen LogP contribution in [0.1, 0.15) is 17.5 Å². The standard InChI is InChI=1S/C13H15NO3/c14-7-10-6-13(10,12(15)16)9-1-2-11-8(5-9)3-4-17-11/h1-2,5,10H,3-4,6-7,14H2,(H,15,16)/t10-,13+/m0/s1. The van der Waals surface area contributed by atoms with Gasteiger partial charge < -0.3 is 15.6 Å². The SMILES string of the molecule is NC[C@@H]1C[C@@]1(C(=O)O)c1ccc2c(c1)CCO2. The van der Waals surface area contributed by atoms with E-state index in [4.69, 9.17) is 10.5 Å².